The Morgan fingerprint density at radius 3 is 2.48 bits per heavy atom. The Labute approximate surface area is 121 Å². The van der Waals surface area contributed by atoms with Gasteiger partial charge in [0.25, 0.3) is 0 Å². The lowest BCUT2D eigenvalue weighted by atomic mass is 9.99. The molecule has 0 unspecified atom stereocenters. The van der Waals surface area contributed by atoms with Gasteiger partial charge in [0, 0.05) is 5.56 Å². The molecule has 0 aliphatic rings. The van der Waals surface area contributed by atoms with Crippen molar-refractivity contribution in [3.8, 4) is 5.75 Å². The number of benzene rings is 3. The van der Waals surface area contributed by atoms with Gasteiger partial charge < -0.3 is 4.74 Å². The fourth-order valence-corrected chi connectivity index (χ4v) is 2.33. The normalized spacial score (nSPS) is 10.6. The summed E-state index contributed by atoms with van der Waals surface area (Å²) >= 11 is 0. The van der Waals surface area contributed by atoms with Crippen LogP contribution in [-0.2, 0) is 0 Å². The monoisotopic (exact) mass is 280 g/mol. The van der Waals surface area contributed by atoms with Gasteiger partial charge in [-0.1, -0.05) is 42.5 Å². The van der Waals surface area contributed by atoms with E-state index in [1.807, 2.05) is 30.3 Å². The van der Waals surface area contributed by atoms with E-state index in [4.69, 9.17) is 4.74 Å². The average molecular weight is 280 g/mol. The summed E-state index contributed by atoms with van der Waals surface area (Å²) in [6.07, 6.45) is 0. The van der Waals surface area contributed by atoms with E-state index >= 15 is 0 Å². The molecule has 3 heteroatoms. The second-order valence-corrected chi connectivity index (χ2v) is 4.71. The van der Waals surface area contributed by atoms with Crippen LogP contribution in [0.4, 0.5) is 4.39 Å². The van der Waals surface area contributed by atoms with E-state index in [0.29, 0.717) is 5.56 Å². The van der Waals surface area contributed by atoms with Gasteiger partial charge in [-0.15, -0.1) is 0 Å². The van der Waals surface area contributed by atoms with Gasteiger partial charge in [0.05, 0.1) is 12.7 Å². The molecule has 0 N–H and O–H groups in total. The lowest BCUT2D eigenvalue weighted by Crippen LogP contribution is -2.05. The summed E-state index contributed by atoms with van der Waals surface area (Å²) in [4.78, 5) is 12.5. The Balaban J connectivity index is 2.08. The Morgan fingerprint density at radius 1 is 0.952 bits per heavy atom. The molecule has 0 amide bonds. The van der Waals surface area contributed by atoms with Crippen molar-refractivity contribution in [3.05, 3.63) is 77.6 Å². The van der Waals surface area contributed by atoms with Crippen molar-refractivity contribution in [2.75, 3.05) is 7.11 Å². The number of carbonyl (C=O) groups is 1. The van der Waals surface area contributed by atoms with Crippen LogP contribution >= 0.6 is 0 Å². The maximum absolute atomic E-state index is 14.2. The molecule has 0 bridgehead atoms. The summed E-state index contributed by atoms with van der Waals surface area (Å²) in [5.74, 6) is -0.906. The summed E-state index contributed by atoms with van der Waals surface area (Å²) in [5.41, 5.74) is 0.477. The van der Waals surface area contributed by atoms with E-state index in [1.54, 1.807) is 18.2 Å². The van der Waals surface area contributed by atoms with Crippen LogP contribution < -0.4 is 4.74 Å². The Kier molecular flexibility index (Phi) is 3.40. The first kappa shape index (κ1) is 13.3. The van der Waals surface area contributed by atoms with Crippen molar-refractivity contribution in [1.82, 2.24) is 0 Å². The number of rotatable bonds is 3. The molecule has 0 radical (unpaired) electrons. The first-order valence-electron chi connectivity index (χ1n) is 6.56. The third kappa shape index (κ3) is 2.38. The molecule has 0 fully saturated rings. The molecule has 0 heterocycles. The first-order chi connectivity index (χ1) is 10.2. The molecule has 0 spiro atoms. The van der Waals surface area contributed by atoms with Gasteiger partial charge in [-0.25, -0.2) is 4.39 Å². The highest BCUT2D eigenvalue weighted by molar-refractivity contribution is 6.11. The van der Waals surface area contributed by atoms with Crippen LogP contribution in [0.15, 0.2) is 60.7 Å². The summed E-state index contributed by atoms with van der Waals surface area (Å²) in [7, 11) is 1.38. The van der Waals surface area contributed by atoms with Crippen molar-refractivity contribution in [2.45, 2.75) is 0 Å². The minimum absolute atomic E-state index is 0.0182. The van der Waals surface area contributed by atoms with Crippen molar-refractivity contribution < 1.29 is 13.9 Å². The Morgan fingerprint density at radius 2 is 1.71 bits per heavy atom. The smallest absolute Gasteiger partial charge is 0.196 e. The van der Waals surface area contributed by atoms with Crippen molar-refractivity contribution in [1.29, 1.82) is 0 Å². The minimum atomic E-state index is -0.627. The van der Waals surface area contributed by atoms with Crippen LogP contribution in [-0.4, -0.2) is 12.9 Å². The van der Waals surface area contributed by atoms with Gasteiger partial charge >= 0.3 is 0 Å². The summed E-state index contributed by atoms with van der Waals surface area (Å²) in [5, 5.41) is 1.99. The van der Waals surface area contributed by atoms with Gasteiger partial charge in [-0.3, -0.25) is 4.79 Å². The van der Waals surface area contributed by atoms with E-state index in [-0.39, 0.29) is 17.1 Å². The number of methoxy groups -OCH3 is 1. The number of hydrogen-bond acceptors (Lipinski definition) is 2. The zero-order valence-corrected chi connectivity index (χ0v) is 11.5. The second-order valence-electron chi connectivity index (χ2n) is 4.71. The lowest BCUT2D eigenvalue weighted by molar-refractivity contribution is 0.103. The highest BCUT2D eigenvalue weighted by Crippen LogP contribution is 2.24. The van der Waals surface area contributed by atoms with Crippen LogP contribution in [0.2, 0.25) is 0 Å². The molecule has 3 rings (SSSR count). The SMILES string of the molecule is COc1cccc(C(=O)c2ccc3ccccc3c2)c1F. The predicted molar refractivity (Wildman–Crippen MR) is 80.3 cm³/mol. The average Bonchev–Trinajstić information content (AvgIpc) is 2.54. The molecule has 0 atom stereocenters. The number of fused-ring (bicyclic) bond motifs is 1. The standard InChI is InChI=1S/C18H13FO2/c1-21-16-8-4-7-15(17(16)19)18(20)14-10-9-12-5-2-3-6-13(12)11-14/h2-11H,1H3. The minimum Gasteiger partial charge on any atom is -0.494 e. The van der Waals surface area contributed by atoms with E-state index in [2.05, 4.69) is 0 Å². The highest BCUT2D eigenvalue weighted by atomic mass is 19.1. The van der Waals surface area contributed by atoms with Crippen LogP contribution in [0.25, 0.3) is 10.8 Å². The quantitative estimate of drug-likeness (QED) is 0.671. The predicted octanol–water partition coefficient (Wildman–Crippen LogP) is 4.22. The van der Waals surface area contributed by atoms with Gasteiger partial charge in [0.1, 0.15) is 0 Å². The fraction of sp³-hybridized carbons (Fsp3) is 0.0556. The number of ether oxygens (including phenoxy) is 1. The zero-order valence-electron chi connectivity index (χ0n) is 11.5. The van der Waals surface area contributed by atoms with Gasteiger partial charge in [-0.2, -0.15) is 0 Å². The molecular formula is C18H13FO2. The molecule has 3 aromatic rings. The van der Waals surface area contributed by atoms with E-state index in [1.165, 1.54) is 19.2 Å². The zero-order chi connectivity index (χ0) is 14.8. The van der Waals surface area contributed by atoms with Crippen molar-refractivity contribution >= 4 is 16.6 Å². The molecular weight excluding hydrogens is 267 g/mol. The third-order valence-corrected chi connectivity index (χ3v) is 3.44. The topological polar surface area (TPSA) is 26.3 Å². The lowest BCUT2D eigenvalue weighted by Gasteiger charge is -2.07. The van der Waals surface area contributed by atoms with Gasteiger partial charge in [0.15, 0.2) is 17.3 Å². The highest BCUT2D eigenvalue weighted by Gasteiger charge is 2.17. The molecule has 0 saturated carbocycles. The second kappa shape index (κ2) is 5.37. The molecule has 21 heavy (non-hydrogen) atoms. The maximum atomic E-state index is 14.2. The Bertz CT molecular complexity index is 824. The fourth-order valence-electron chi connectivity index (χ4n) is 2.33. The molecule has 2 nitrogen and oxygen atoms in total. The van der Waals surface area contributed by atoms with E-state index in [9.17, 15) is 9.18 Å². The summed E-state index contributed by atoms with van der Waals surface area (Å²) < 4.78 is 19.1. The van der Waals surface area contributed by atoms with Crippen LogP contribution in [0.5, 0.6) is 5.75 Å². The summed E-state index contributed by atoms with van der Waals surface area (Å²) in [6.45, 7) is 0. The van der Waals surface area contributed by atoms with E-state index < -0.39 is 5.82 Å². The Hall–Kier alpha value is -2.68. The maximum Gasteiger partial charge on any atom is 0.196 e. The van der Waals surface area contributed by atoms with E-state index in [0.717, 1.165) is 10.8 Å². The van der Waals surface area contributed by atoms with Crippen molar-refractivity contribution in [2.24, 2.45) is 0 Å². The van der Waals surface area contributed by atoms with Crippen LogP contribution in [0.3, 0.4) is 0 Å². The largest absolute Gasteiger partial charge is 0.494 e. The number of hydrogen-bond donors (Lipinski definition) is 0. The van der Waals surface area contributed by atoms with Gasteiger partial charge in [0.2, 0.25) is 0 Å². The van der Waals surface area contributed by atoms with Crippen LogP contribution in [0, 0.1) is 5.82 Å². The molecule has 0 aromatic heterocycles. The molecule has 3 aromatic carbocycles. The number of halogens is 1. The number of ketones is 1. The molecule has 0 saturated heterocycles. The van der Waals surface area contributed by atoms with Gasteiger partial charge in [-0.05, 0) is 29.0 Å². The molecule has 104 valence electrons. The summed E-state index contributed by atoms with van der Waals surface area (Å²) in [6, 6.07) is 17.6. The van der Waals surface area contributed by atoms with Crippen LogP contribution in [0.1, 0.15) is 15.9 Å². The molecule has 0 aliphatic carbocycles. The third-order valence-electron chi connectivity index (χ3n) is 3.44. The van der Waals surface area contributed by atoms with Crippen molar-refractivity contribution in [3.63, 3.8) is 0 Å². The molecule has 0 aliphatic heterocycles. The first-order valence-corrected chi connectivity index (χ1v) is 6.56. The number of carbonyl (C=O) groups excluding carboxylic acids is 1.